The predicted molar refractivity (Wildman–Crippen MR) is 33.9 cm³/mol. The van der Waals surface area contributed by atoms with Crippen molar-refractivity contribution in [3.63, 3.8) is 0 Å². The number of hydrogen-bond donors (Lipinski definition) is 2. The van der Waals surface area contributed by atoms with Gasteiger partial charge in [0.1, 0.15) is 0 Å². The van der Waals surface area contributed by atoms with Crippen LogP contribution in [0.4, 0.5) is 4.79 Å². The van der Waals surface area contributed by atoms with Gasteiger partial charge in [-0.05, 0) is 0 Å². The number of hydrogen-bond acceptors (Lipinski definition) is 2. The van der Waals surface area contributed by atoms with Crippen LogP contribution in [0.1, 0.15) is 6.42 Å². The molecule has 0 spiro atoms. The van der Waals surface area contributed by atoms with Crippen LogP contribution < -0.4 is 74.0 Å². The zero-order valence-corrected chi connectivity index (χ0v) is 13.6. The third-order valence-corrected chi connectivity index (χ3v) is 0.839. The Morgan fingerprint density at radius 1 is 1.50 bits per heavy atom. The van der Waals surface area contributed by atoms with E-state index in [1.165, 1.54) is 0 Å². The third-order valence-electron chi connectivity index (χ3n) is 0.278. The van der Waals surface area contributed by atoms with Crippen molar-refractivity contribution in [1.82, 2.24) is 0 Å². The van der Waals surface area contributed by atoms with Crippen LogP contribution in [0, 0.1) is 0 Å². The summed E-state index contributed by atoms with van der Waals surface area (Å²) in [4.78, 5) is 8.56. The van der Waals surface area contributed by atoms with Gasteiger partial charge in [-0.15, -0.1) is 6.61 Å². The van der Waals surface area contributed by atoms with Gasteiger partial charge in [0.05, 0.1) is 0 Å². The number of rotatable bonds is 2. The third kappa shape index (κ3) is 53.0. The van der Waals surface area contributed by atoms with Crippen LogP contribution in [0.5, 0.6) is 0 Å². The smallest absolute Gasteiger partial charge is 0.854 e. The number of carboxylic acid groups (broad SMARTS) is 2. The molecule has 0 fully saturated rings. The van der Waals surface area contributed by atoms with E-state index in [-0.39, 0.29) is 75.5 Å². The topological polar surface area (TPSA) is 80.6 Å². The fourth-order valence-corrected chi connectivity index (χ4v) is 0.283. The molecule has 0 aliphatic rings. The van der Waals surface area contributed by atoms with Crippen molar-refractivity contribution < 1.29 is 89.0 Å². The standard InChI is InChI=1S/C3H6BrO.CH2O3.Cs/c4-2-1-3-5;2-1(3)4;/h1-3H2;(H2,2,3,4);/q-1;;+1. The van der Waals surface area contributed by atoms with Crippen molar-refractivity contribution in [2.45, 2.75) is 6.42 Å². The van der Waals surface area contributed by atoms with Gasteiger partial charge in [0.2, 0.25) is 0 Å². The molecule has 0 aliphatic heterocycles. The summed E-state index contributed by atoms with van der Waals surface area (Å²) in [5, 5.41) is 24.3. The second kappa shape index (κ2) is 17.0. The molecule has 0 bridgehead atoms. The molecule has 6 heteroatoms. The molecule has 56 valence electrons. The first kappa shape index (κ1) is 17.7. The summed E-state index contributed by atoms with van der Waals surface area (Å²) in [6, 6.07) is 0. The molecular weight excluding hydrogens is 325 g/mol. The van der Waals surface area contributed by atoms with Crippen LogP contribution in [0.3, 0.4) is 0 Å². The molecule has 0 unspecified atom stereocenters. The SMILES string of the molecule is O=C(O)O.[Cs+].[O-]CCCBr. The van der Waals surface area contributed by atoms with E-state index in [2.05, 4.69) is 15.9 Å². The molecule has 0 aromatic heterocycles. The van der Waals surface area contributed by atoms with E-state index in [1.54, 1.807) is 0 Å². The Morgan fingerprint density at radius 2 is 1.80 bits per heavy atom. The minimum atomic E-state index is -1.83. The van der Waals surface area contributed by atoms with Crippen molar-refractivity contribution in [1.29, 1.82) is 0 Å². The average Bonchev–Trinajstić information content (AvgIpc) is 1.66. The molecule has 0 aliphatic carbocycles. The predicted octanol–water partition coefficient (Wildman–Crippen LogP) is -2.64. The van der Waals surface area contributed by atoms with Crippen molar-refractivity contribution in [3.05, 3.63) is 0 Å². The average molecular weight is 333 g/mol. The Hall–Kier alpha value is 1.76. The molecule has 0 heterocycles. The molecule has 0 atom stereocenters. The Labute approximate surface area is 127 Å². The molecule has 0 amide bonds. The van der Waals surface area contributed by atoms with Gasteiger partial charge in [-0.1, -0.05) is 22.4 Å². The summed E-state index contributed by atoms with van der Waals surface area (Å²) in [5.41, 5.74) is 0. The summed E-state index contributed by atoms with van der Waals surface area (Å²) in [5.74, 6) is 0. The van der Waals surface area contributed by atoms with Gasteiger partial charge in [-0.3, -0.25) is 0 Å². The Morgan fingerprint density at radius 3 is 1.80 bits per heavy atom. The van der Waals surface area contributed by atoms with Crippen molar-refractivity contribution in [2.24, 2.45) is 0 Å². The van der Waals surface area contributed by atoms with Crippen LogP contribution >= 0.6 is 15.9 Å². The molecule has 4 nitrogen and oxygen atoms in total. The van der Waals surface area contributed by atoms with E-state index in [9.17, 15) is 5.11 Å². The largest absolute Gasteiger partial charge is 1.00 e. The maximum atomic E-state index is 9.50. The summed E-state index contributed by atoms with van der Waals surface area (Å²) < 4.78 is 0. The normalized spacial score (nSPS) is 6.60. The first-order valence-corrected chi connectivity index (χ1v) is 3.33. The fourth-order valence-electron chi connectivity index (χ4n) is 0.0546. The van der Waals surface area contributed by atoms with E-state index in [1.807, 2.05) is 0 Å². The van der Waals surface area contributed by atoms with Gasteiger partial charge in [-0.2, -0.15) is 0 Å². The monoisotopic (exact) mass is 332 g/mol. The van der Waals surface area contributed by atoms with Gasteiger partial charge in [0.25, 0.3) is 0 Å². The Balaban J connectivity index is -0.0000000910. The molecule has 2 N–H and O–H groups in total. The molecule has 0 aromatic carbocycles. The first-order chi connectivity index (χ1) is 4.15. The summed E-state index contributed by atoms with van der Waals surface area (Å²) in [7, 11) is 0. The summed E-state index contributed by atoms with van der Waals surface area (Å²) >= 11 is 3.11. The molecule has 0 saturated heterocycles. The van der Waals surface area contributed by atoms with Gasteiger partial charge in [0.15, 0.2) is 0 Å². The zero-order valence-electron chi connectivity index (χ0n) is 5.71. The zero-order chi connectivity index (χ0) is 7.70. The van der Waals surface area contributed by atoms with E-state index >= 15 is 0 Å². The van der Waals surface area contributed by atoms with E-state index in [0.717, 1.165) is 11.8 Å². The molecule has 0 aromatic rings. The van der Waals surface area contributed by atoms with E-state index in [4.69, 9.17) is 15.0 Å². The number of halogens is 1. The maximum Gasteiger partial charge on any atom is 1.00 e. The summed E-state index contributed by atoms with van der Waals surface area (Å²) in [6.45, 7) is 0.0469. The molecule has 10 heavy (non-hydrogen) atoms. The quantitative estimate of drug-likeness (QED) is 0.542. The Kier molecular flexibility index (Phi) is 30.2. The second-order valence-electron chi connectivity index (χ2n) is 1.03. The fraction of sp³-hybridized carbons (Fsp3) is 0.750. The van der Waals surface area contributed by atoms with Gasteiger partial charge < -0.3 is 15.3 Å². The van der Waals surface area contributed by atoms with E-state index in [0.29, 0.717) is 0 Å². The second-order valence-corrected chi connectivity index (χ2v) is 1.82. The Bertz CT molecular complexity index is 64.3. The van der Waals surface area contributed by atoms with Gasteiger partial charge in [0, 0.05) is 5.33 Å². The van der Waals surface area contributed by atoms with Crippen molar-refractivity contribution in [3.8, 4) is 0 Å². The molecule has 0 saturated carbocycles. The summed E-state index contributed by atoms with van der Waals surface area (Å²) in [6.07, 6.45) is -1.08. The minimum absolute atomic E-state index is 0. The molecular formula is C4H8BrCsO4. The van der Waals surface area contributed by atoms with Crippen LogP contribution in [0.2, 0.25) is 0 Å². The first-order valence-electron chi connectivity index (χ1n) is 2.21. The van der Waals surface area contributed by atoms with Crippen LogP contribution in [-0.2, 0) is 0 Å². The maximum absolute atomic E-state index is 9.50. The molecule has 0 radical (unpaired) electrons. The van der Waals surface area contributed by atoms with E-state index < -0.39 is 6.16 Å². The number of alkyl halides is 1. The van der Waals surface area contributed by atoms with Crippen LogP contribution in [-0.4, -0.2) is 28.3 Å². The van der Waals surface area contributed by atoms with Crippen molar-refractivity contribution >= 4 is 22.1 Å². The molecule has 0 rings (SSSR count). The minimum Gasteiger partial charge on any atom is -0.854 e. The van der Waals surface area contributed by atoms with Gasteiger partial charge >= 0.3 is 75.0 Å². The van der Waals surface area contributed by atoms with Crippen LogP contribution in [0.25, 0.3) is 0 Å². The van der Waals surface area contributed by atoms with Crippen LogP contribution in [0.15, 0.2) is 0 Å². The van der Waals surface area contributed by atoms with Gasteiger partial charge in [-0.25, -0.2) is 4.79 Å². The number of carbonyl (C=O) groups is 1. The van der Waals surface area contributed by atoms with Crippen molar-refractivity contribution in [2.75, 3.05) is 11.9 Å².